The quantitative estimate of drug-likeness (QED) is 0.344. The average Bonchev–Trinajstić information content (AvgIpc) is 3.25. The largest absolute Gasteiger partial charge is 0.492 e. The Hall–Kier alpha value is -4.14. The molecule has 4 rings (SSSR count). The number of para-hydroxylation sites is 1. The lowest BCUT2D eigenvalue weighted by molar-refractivity contribution is -0.143. The van der Waals surface area contributed by atoms with Gasteiger partial charge in [-0.05, 0) is 42.7 Å². The summed E-state index contributed by atoms with van der Waals surface area (Å²) in [5, 5.41) is 0. The Morgan fingerprint density at radius 2 is 1.74 bits per heavy atom. The molecule has 182 valence electrons. The number of nitrogens with zero attached hydrogens (tertiary/aromatic N) is 4. The number of hydrogen-bond donors (Lipinski definition) is 0. The van der Waals surface area contributed by atoms with Crippen molar-refractivity contribution in [2.75, 3.05) is 13.2 Å². The molecule has 0 N–H and O–H groups in total. The minimum Gasteiger partial charge on any atom is -0.492 e. The molecule has 2 aromatic carbocycles. The molecule has 0 amide bonds. The van der Waals surface area contributed by atoms with Gasteiger partial charge in [-0.2, -0.15) is 0 Å². The number of benzene rings is 2. The third-order valence-corrected chi connectivity index (χ3v) is 5.65. The van der Waals surface area contributed by atoms with E-state index >= 15 is 0 Å². The van der Waals surface area contributed by atoms with E-state index in [-0.39, 0.29) is 37.5 Å². The van der Waals surface area contributed by atoms with E-state index in [1.807, 2.05) is 42.5 Å². The Balaban J connectivity index is 1.81. The summed E-state index contributed by atoms with van der Waals surface area (Å²) in [4.78, 5) is 43.4. The summed E-state index contributed by atoms with van der Waals surface area (Å²) in [7, 11) is 0. The molecular formula is C26H28N4O5. The maximum atomic E-state index is 13.5. The van der Waals surface area contributed by atoms with Crippen LogP contribution >= 0.6 is 0 Å². The van der Waals surface area contributed by atoms with Crippen molar-refractivity contribution in [2.45, 2.75) is 39.8 Å². The Morgan fingerprint density at radius 3 is 2.40 bits per heavy atom. The monoisotopic (exact) mass is 476 g/mol. The number of esters is 1. The molecule has 35 heavy (non-hydrogen) atoms. The Morgan fingerprint density at radius 1 is 1.03 bits per heavy atom. The molecular weight excluding hydrogens is 448 g/mol. The van der Waals surface area contributed by atoms with Gasteiger partial charge in [-0.25, -0.2) is 14.3 Å². The molecule has 2 aromatic heterocycles. The minimum atomic E-state index is -0.543. The van der Waals surface area contributed by atoms with Crippen molar-refractivity contribution in [3.63, 3.8) is 0 Å². The van der Waals surface area contributed by atoms with E-state index in [2.05, 4.69) is 18.8 Å². The van der Waals surface area contributed by atoms with Crippen molar-refractivity contribution in [2.24, 2.45) is 0 Å². The first-order valence-electron chi connectivity index (χ1n) is 11.5. The summed E-state index contributed by atoms with van der Waals surface area (Å²) in [6, 6.07) is 16.7. The van der Waals surface area contributed by atoms with E-state index < -0.39 is 17.2 Å². The van der Waals surface area contributed by atoms with Gasteiger partial charge >= 0.3 is 11.7 Å². The van der Waals surface area contributed by atoms with Crippen LogP contribution in [0.25, 0.3) is 16.9 Å². The lowest BCUT2D eigenvalue weighted by Crippen LogP contribution is -2.41. The molecule has 0 saturated heterocycles. The molecule has 9 nitrogen and oxygen atoms in total. The average molecular weight is 477 g/mol. The molecule has 0 atom stereocenters. The van der Waals surface area contributed by atoms with Crippen molar-refractivity contribution in [3.05, 3.63) is 87.3 Å². The zero-order chi connectivity index (χ0) is 24.9. The summed E-state index contributed by atoms with van der Waals surface area (Å²) in [6.45, 7) is 6.05. The number of carbonyl (C=O) groups excluding carboxylic acids is 1. The van der Waals surface area contributed by atoms with Crippen LogP contribution in [-0.4, -0.2) is 37.9 Å². The number of aromatic nitrogens is 4. The topological polar surface area (TPSA) is 97.4 Å². The molecule has 4 aromatic rings. The van der Waals surface area contributed by atoms with Crippen molar-refractivity contribution < 1.29 is 14.3 Å². The van der Waals surface area contributed by atoms with Gasteiger partial charge in [0.15, 0.2) is 11.2 Å². The molecule has 0 saturated carbocycles. The number of rotatable bonds is 9. The predicted molar refractivity (Wildman–Crippen MR) is 132 cm³/mol. The van der Waals surface area contributed by atoms with Crippen LogP contribution < -0.4 is 16.0 Å². The van der Waals surface area contributed by atoms with Crippen molar-refractivity contribution in [3.8, 4) is 11.4 Å². The van der Waals surface area contributed by atoms with E-state index in [0.717, 1.165) is 10.1 Å². The third kappa shape index (κ3) is 5.03. The Kier molecular flexibility index (Phi) is 7.14. The Bertz CT molecular complexity index is 1430. The maximum Gasteiger partial charge on any atom is 0.337 e. The second-order valence-electron chi connectivity index (χ2n) is 8.33. The first-order chi connectivity index (χ1) is 16.9. The van der Waals surface area contributed by atoms with Crippen molar-refractivity contribution in [1.82, 2.24) is 18.7 Å². The molecule has 0 unspecified atom stereocenters. The molecule has 0 radical (unpaired) electrons. The second kappa shape index (κ2) is 10.4. The highest BCUT2D eigenvalue weighted by Gasteiger charge is 2.20. The fourth-order valence-corrected chi connectivity index (χ4v) is 3.86. The summed E-state index contributed by atoms with van der Waals surface area (Å²) < 4.78 is 14.7. The molecule has 9 heteroatoms. The smallest absolute Gasteiger partial charge is 0.337 e. The number of carbonyl (C=O) groups is 1. The molecule has 0 aliphatic rings. The standard InChI is InChI=1S/C26H28N4O5/c1-4-34-22(31)16-28-17-27-24-23(28)25(32)29(14-15-35-21-8-6-5-7-9-21)26(33)30(24)20-12-10-19(11-13-20)18(2)3/h5-13,17-18H,4,14-16H2,1-3H3. The van der Waals surface area contributed by atoms with Gasteiger partial charge < -0.3 is 14.0 Å². The molecule has 0 bridgehead atoms. The molecule has 0 aliphatic carbocycles. The first-order valence-corrected chi connectivity index (χ1v) is 11.5. The van der Waals surface area contributed by atoms with Crippen LogP contribution in [0.1, 0.15) is 32.3 Å². The van der Waals surface area contributed by atoms with E-state index in [1.54, 1.807) is 19.1 Å². The molecule has 0 aliphatic heterocycles. The second-order valence-corrected chi connectivity index (χ2v) is 8.33. The van der Waals surface area contributed by atoms with E-state index in [1.165, 1.54) is 15.5 Å². The van der Waals surface area contributed by atoms with Crippen LogP contribution in [0.4, 0.5) is 0 Å². The van der Waals surface area contributed by atoms with Crippen molar-refractivity contribution in [1.29, 1.82) is 0 Å². The maximum absolute atomic E-state index is 13.5. The van der Waals surface area contributed by atoms with Gasteiger partial charge in [0.25, 0.3) is 5.56 Å². The van der Waals surface area contributed by atoms with Gasteiger partial charge in [-0.3, -0.25) is 14.2 Å². The summed E-state index contributed by atoms with van der Waals surface area (Å²) >= 11 is 0. The molecule has 0 spiro atoms. The first kappa shape index (κ1) is 24.0. The lowest BCUT2D eigenvalue weighted by Gasteiger charge is -2.14. The minimum absolute atomic E-state index is 0.0250. The fraction of sp³-hybridized carbons (Fsp3) is 0.308. The van der Waals surface area contributed by atoms with Crippen LogP contribution in [0.15, 0.2) is 70.5 Å². The van der Waals surface area contributed by atoms with Crippen LogP contribution in [0, 0.1) is 0 Å². The van der Waals surface area contributed by atoms with E-state index in [0.29, 0.717) is 17.4 Å². The number of fused-ring (bicyclic) bond motifs is 1. The highest BCUT2D eigenvalue weighted by Crippen LogP contribution is 2.18. The van der Waals surface area contributed by atoms with E-state index in [4.69, 9.17) is 9.47 Å². The van der Waals surface area contributed by atoms with Gasteiger partial charge in [-0.1, -0.05) is 44.2 Å². The van der Waals surface area contributed by atoms with Gasteiger partial charge in [-0.15, -0.1) is 0 Å². The van der Waals surface area contributed by atoms with Gasteiger partial charge in [0, 0.05) is 0 Å². The van der Waals surface area contributed by atoms with Gasteiger partial charge in [0.2, 0.25) is 0 Å². The lowest BCUT2D eigenvalue weighted by atomic mass is 10.0. The van der Waals surface area contributed by atoms with Gasteiger partial charge in [0.1, 0.15) is 18.9 Å². The molecule has 0 fully saturated rings. The van der Waals surface area contributed by atoms with Crippen LogP contribution in [0.3, 0.4) is 0 Å². The normalized spacial score (nSPS) is 11.2. The summed E-state index contributed by atoms with van der Waals surface area (Å²) in [5.74, 6) is 0.469. The SMILES string of the molecule is CCOC(=O)Cn1cnc2c1c(=O)n(CCOc1ccccc1)c(=O)n2-c1ccc(C(C)C)cc1. The van der Waals surface area contributed by atoms with Gasteiger partial charge in [0.05, 0.1) is 25.2 Å². The van der Waals surface area contributed by atoms with Crippen LogP contribution in [0.5, 0.6) is 5.75 Å². The highest BCUT2D eigenvalue weighted by molar-refractivity contribution is 5.76. The summed E-state index contributed by atoms with van der Waals surface area (Å²) in [5.41, 5.74) is 0.947. The summed E-state index contributed by atoms with van der Waals surface area (Å²) in [6.07, 6.45) is 1.38. The number of imidazole rings is 1. The highest BCUT2D eigenvalue weighted by atomic mass is 16.5. The van der Waals surface area contributed by atoms with Crippen LogP contribution in [0.2, 0.25) is 0 Å². The predicted octanol–water partition coefficient (Wildman–Crippen LogP) is 3.11. The molecule has 2 heterocycles. The Labute approximate surface area is 202 Å². The zero-order valence-corrected chi connectivity index (χ0v) is 20.0. The number of hydrogen-bond acceptors (Lipinski definition) is 6. The van der Waals surface area contributed by atoms with Crippen molar-refractivity contribution >= 4 is 17.1 Å². The van der Waals surface area contributed by atoms with Crippen LogP contribution in [-0.2, 0) is 22.6 Å². The zero-order valence-electron chi connectivity index (χ0n) is 20.0. The fourth-order valence-electron chi connectivity index (χ4n) is 3.86. The van der Waals surface area contributed by atoms with E-state index in [9.17, 15) is 14.4 Å². The third-order valence-electron chi connectivity index (χ3n) is 5.65. The number of ether oxygens (including phenoxy) is 2.